The van der Waals surface area contributed by atoms with E-state index in [1.807, 2.05) is 30.3 Å². The summed E-state index contributed by atoms with van der Waals surface area (Å²) in [6.45, 7) is 1.26. The normalized spacial score (nSPS) is 21.7. The molecule has 0 bridgehead atoms. The van der Waals surface area contributed by atoms with Crippen LogP contribution in [0.2, 0.25) is 5.02 Å². The minimum atomic E-state index is -4.18. The Morgan fingerprint density at radius 2 is 1.63 bits per heavy atom. The van der Waals surface area contributed by atoms with Crippen LogP contribution in [0, 0.1) is 11.6 Å². The van der Waals surface area contributed by atoms with Crippen LogP contribution in [-0.2, 0) is 30.7 Å². The molecule has 2 heterocycles. The fourth-order valence-electron chi connectivity index (χ4n) is 4.94. The molecular weight excluding hydrogens is 538 g/mol. The Bertz CT molecular complexity index is 1360. The highest BCUT2D eigenvalue weighted by molar-refractivity contribution is 7.91. The van der Waals surface area contributed by atoms with Crippen molar-refractivity contribution < 1.29 is 36.1 Å². The summed E-state index contributed by atoms with van der Waals surface area (Å²) in [5, 5.41) is -1.06. The molecule has 0 saturated carbocycles. The monoisotopic (exact) mass is 564 g/mol. The van der Waals surface area contributed by atoms with E-state index in [2.05, 4.69) is 0 Å². The zero-order valence-electron chi connectivity index (χ0n) is 20.4. The average molecular weight is 565 g/mol. The summed E-state index contributed by atoms with van der Waals surface area (Å²) >= 11 is 5.96. The first-order valence-corrected chi connectivity index (χ1v) is 14.2. The van der Waals surface area contributed by atoms with Gasteiger partial charge in [0.1, 0.15) is 16.7 Å². The van der Waals surface area contributed by atoms with Crippen molar-refractivity contribution in [3.05, 3.63) is 94.5 Å². The van der Waals surface area contributed by atoms with Gasteiger partial charge in [0.05, 0.1) is 36.9 Å². The van der Waals surface area contributed by atoms with Crippen molar-refractivity contribution in [1.82, 2.24) is 0 Å². The molecular formula is C28H27ClF2O6S. The summed E-state index contributed by atoms with van der Waals surface area (Å²) in [4.78, 5) is -0.0500. The van der Waals surface area contributed by atoms with Gasteiger partial charge < -0.3 is 18.9 Å². The van der Waals surface area contributed by atoms with Crippen LogP contribution in [0.15, 0.2) is 71.6 Å². The summed E-state index contributed by atoms with van der Waals surface area (Å²) in [5.74, 6) is -2.12. The second-order valence-electron chi connectivity index (χ2n) is 9.41. The molecule has 0 radical (unpaired) electrons. The highest BCUT2D eigenvalue weighted by atomic mass is 35.5. The lowest BCUT2D eigenvalue weighted by atomic mass is 9.84. The molecule has 0 amide bonds. The molecule has 2 atom stereocenters. The van der Waals surface area contributed by atoms with E-state index in [1.165, 1.54) is 24.3 Å². The van der Waals surface area contributed by atoms with Crippen LogP contribution < -0.4 is 4.74 Å². The summed E-state index contributed by atoms with van der Waals surface area (Å²) in [6, 6.07) is 17.0. The lowest BCUT2D eigenvalue weighted by Crippen LogP contribution is -2.47. The SMILES string of the molecule is O=S(=O)(c1ccc(Cl)cc1)C1CC(CCOCc2ccccc2)(CC2OCCO2)Oc2c(F)ccc(F)c21. The van der Waals surface area contributed by atoms with E-state index in [4.69, 9.17) is 30.5 Å². The largest absolute Gasteiger partial charge is 0.483 e. The highest BCUT2D eigenvalue weighted by Gasteiger charge is 2.50. The molecule has 38 heavy (non-hydrogen) atoms. The number of halogens is 3. The van der Waals surface area contributed by atoms with Gasteiger partial charge >= 0.3 is 0 Å². The number of rotatable bonds is 9. The van der Waals surface area contributed by atoms with E-state index in [-0.39, 0.29) is 36.3 Å². The van der Waals surface area contributed by atoms with E-state index in [0.717, 1.165) is 17.7 Å². The van der Waals surface area contributed by atoms with Crippen molar-refractivity contribution in [2.45, 2.75) is 47.9 Å². The first kappa shape index (κ1) is 27.0. The van der Waals surface area contributed by atoms with Gasteiger partial charge in [-0.25, -0.2) is 17.2 Å². The molecule has 202 valence electrons. The second-order valence-corrected chi connectivity index (χ2v) is 12.0. The number of hydrogen-bond acceptors (Lipinski definition) is 6. The molecule has 2 aliphatic heterocycles. The van der Waals surface area contributed by atoms with Crippen molar-refractivity contribution >= 4 is 21.4 Å². The molecule has 1 saturated heterocycles. The van der Waals surface area contributed by atoms with Crippen LogP contribution in [0.3, 0.4) is 0 Å². The van der Waals surface area contributed by atoms with Crippen LogP contribution >= 0.6 is 11.6 Å². The highest BCUT2D eigenvalue weighted by Crippen LogP contribution is 2.50. The summed E-state index contributed by atoms with van der Waals surface area (Å²) in [6.07, 6.45) is -0.515. The Kier molecular flexibility index (Phi) is 8.02. The maximum absolute atomic E-state index is 15.2. The van der Waals surface area contributed by atoms with Gasteiger partial charge in [-0.05, 0) is 42.0 Å². The molecule has 10 heteroatoms. The van der Waals surface area contributed by atoms with Gasteiger partial charge in [-0.15, -0.1) is 0 Å². The van der Waals surface area contributed by atoms with E-state index < -0.39 is 44.4 Å². The topological polar surface area (TPSA) is 71.1 Å². The molecule has 0 aromatic heterocycles. The number of fused-ring (bicyclic) bond motifs is 1. The maximum Gasteiger partial charge on any atom is 0.185 e. The predicted molar refractivity (Wildman–Crippen MR) is 137 cm³/mol. The molecule has 3 aromatic carbocycles. The van der Waals surface area contributed by atoms with Gasteiger partial charge in [-0.2, -0.15) is 0 Å². The Hall–Kier alpha value is -2.56. The Morgan fingerprint density at radius 3 is 2.34 bits per heavy atom. The third kappa shape index (κ3) is 5.72. The third-order valence-corrected chi connectivity index (χ3v) is 9.19. The molecule has 0 spiro atoms. The maximum atomic E-state index is 15.2. The van der Waals surface area contributed by atoms with Crippen LogP contribution in [-0.4, -0.2) is 40.1 Å². The summed E-state index contributed by atoms with van der Waals surface area (Å²) < 4.78 is 81.4. The second kappa shape index (κ2) is 11.3. The number of ether oxygens (including phenoxy) is 4. The van der Waals surface area contributed by atoms with Crippen molar-refractivity contribution in [1.29, 1.82) is 0 Å². The van der Waals surface area contributed by atoms with E-state index in [0.29, 0.717) is 24.8 Å². The Balaban J connectivity index is 1.51. The van der Waals surface area contributed by atoms with Crippen molar-refractivity contribution in [3.63, 3.8) is 0 Å². The third-order valence-electron chi connectivity index (χ3n) is 6.85. The molecule has 0 aliphatic carbocycles. The van der Waals surface area contributed by atoms with Crippen LogP contribution in [0.5, 0.6) is 5.75 Å². The average Bonchev–Trinajstić information content (AvgIpc) is 3.42. The van der Waals surface area contributed by atoms with Crippen molar-refractivity contribution in [2.75, 3.05) is 19.8 Å². The molecule has 0 N–H and O–H groups in total. The first-order chi connectivity index (χ1) is 18.3. The van der Waals surface area contributed by atoms with Crippen LogP contribution in [0.1, 0.15) is 35.6 Å². The van der Waals surface area contributed by atoms with Crippen LogP contribution in [0.4, 0.5) is 8.78 Å². The molecule has 5 rings (SSSR count). The molecule has 2 aliphatic rings. The van der Waals surface area contributed by atoms with Crippen molar-refractivity contribution in [3.8, 4) is 5.75 Å². The quantitative estimate of drug-likeness (QED) is 0.296. The number of hydrogen-bond donors (Lipinski definition) is 0. The minimum Gasteiger partial charge on any atom is -0.483 e. The zero-order valence-corrected chi connectivity index (χ0v) is 22.0. The standard InChI is InChI=1S/C28H27ClF2O6S/c29-20-6-8-21(9-7-20)38(32,33)24-16-28(17-25-35-14-15-36-25,12-13-34-18-19-4-2-1-3-5-19)37-27-23(31)11-10-22(30)26(24)27/h1-11,24-25H,12-18H2. The Morgan fingerprint density at radius 1 is 0.947 bits per heavy atom. The fourth-order valence-corrected chi connectivity index (χ4v) is 6.96. The van der Waals surface area contributed by atoms with Crippen LogP contribution in [0.25, 0.3) is 0 Å². The summed E-state index contributed by atoms with van der Waals surface area (Å²) in [5.41, 5.74) is -0.624. The minimum absolute atomic E-state index is 0.0500. The molecule has 2 unspecified atom stereocenters. The van der Waals surface area contributed by atoms with Gasteiger partial charge in [0, 0.05) is 24.3 Å². The van der Waals surface area contributed by atoms with Gasteiger partial charge in [-0.3, -0.25) is 0 Å². The fraction of sp³-hybridized carbons (Fsp3) is 0.357. The molecule has 3 aromatic rings. The molecule has 1 fully saturated rings. The molecule has 6 nitrogen and oxygen atoms in total. The van der Waals surface area contributed by atoms with Gasteiger partial charge in [0.15, 0.2) is 27.7 Å². The smallest absolute Gasteiger partial charge is 0.185 e. The van der Waals surface area contributed by atoms with Gasteiger partial charge in [0.25, 0.3) is 0 Å². The lowest BCUT2D eigenvalue weighted by molar-refractivity contribution is -0.108. The van der Waals surface area contributed by atoms with E-state index in [1.54, 1.807) is 0 Å². The lowest BCUT2D eigenvalue weighted by Gasteiger charge is -2.43. The van der Waals surface area contributed by atoms with Gasteiger partial charge in [0.2, 0.25) is 0 Å². The summed E-state index contributed by atoms with van der Waals surface area (Å²) in [7, 11) is -4.18. The first-order valence-electron chi connectivity index (χ1n) is 12.3. The number of sulfone groups is 1. The zero-order chi connectivity index (χ0) is 26.8. The predicted octanol–water partition coefficient (Wildman–Crippen LogP) is 6.02. The van der Waals surface area contributed by atoms with E-state index >= 15 is 8.78 Å². The van der Waals surface area contributed by atoms with Crippen molar-refractivity contribution in [2.24, 2.45) is 0 Å². The Labute approximate surface area is 225 Å². The van der Waals surface area contributed by atoms with Gasteiger partial charge in [-0.1, -0.05) is 41.9 Å². The van der Waals surface area contributed by atoms with E-state index in [9.17, 15) is 8.42 Å². The number of benzene rings is 3.